The number of nitriles is 1. The number of nitrogens with zero attached hydrogens (tertiary/aromatic N) is 1. The second kappa shape index (κ2) is 7.93. The van der Waals surface area contributed by atoms with Gasteiger partial charge in [0.25, 0.3) is 0 Å². The van der Waals surface area contributed by atoms with Crippen molar-refractivity contribution in [3.8, 4) is 6.07 Å². The van der Waals surface area contributed by atoms with Gasteiger partial charge in [0.1, 0.15) is 6.07 Å². The summed E-state index contributed by atoms with van der Waals surface area (Å²) in [4.78, 5) is 26.7. The molecule has 0 saturated heterocycles. The third-order valence-electron chi connectivity index (χ3n) is 13.3. The summed E-state index contributed by atoms with van der Waals surface area (Å²) in [6.45, 7) is 15.7. The summed E-state index contributed by atoms with van der Waals surface area (Å²) in [5.41, 5.74) is -1.25. The molecule has 0 aromatic carbocycles. The highest BCUT2D eigenvalue weighted by molar-refractivity contribution is 6.04. The van der Waals surface area contributed by atoms with Crippen molar-refractivity contribution >= 4 is 11.8 Å². The van der Waals surface area contributed by atoms with Crippen LogP contribution in [0.15, 0.2) is 11.6 Å². The molecule has 0 amide bonds. The van der Waals surface area contributed by atoms with E-state index in [0.29, 0.717) is 6.42 Å². The van der Waals surface area contributed by atoms with Crippen LogP contribution < -0.4 is 0 Å². The summed E-state index contributed by atoms with van der Waals surface area (Å²) in [5, 5.41) is 22.0. The monoisotopic (exact) mass is 509 g/mol. The lowest BCUT2D eigenvalue weighted by molar-refractivity contribution is -0.260. The van der Waals surface area contributed by atoms with Gasteiger partial charge in [0.2, 0.25) is 0 Å². The fourth-order valence-corrected chi connectivity index (χ4v) is 11.2. The summed E-state index contributed by atoms with van der Waals surface area (Å²) in [6.07, 6.45) is 8.54. The lowest BCUT2D eigenvalue weighted by atomic mass is 9.31. The Morgan fingerprint density at radius 3 is 2.27 bits per heavy atom. The zero-order chi connectivity index (χ0) is 27.4. The summed E-state index contributed by atoms with van der Waals surface area (Å²) in [6, 6.07) is 2.22. The van der Waals surface area contributed by atoms with Gasteiger partial charge < -0.3 is 9.84 Å². The summed E-state index contributed by atoms with van der Waals surface area (Å²) in [5.74, 6) is 0.300. The SMILES string of the molecule is COC(=O)[C@]12CCC(C)(C)CC1C1[C@H](O)CC3[C@@]4(C)C=C(C#N)C(=O)C(C)(C)C4CC[C@@]3(C)[C@]1(C)CC2. The molecule has 4 saturated carbocycles. The number of aliphatic hydroxyl groups is 1. The van der Waals surface area contributed by atoms with Crippen molar-refractivity contribution in [3.05, 3.63) is 11.6 Å². The number of ether oxygens (including phenoxy) is 1. The number of rotatable bonds is 1. The maximum Gasteiger partial charge on any atom is 0.312 e. The molecule has 1 N–H and O–H groups in total. The number of Topliss-reactive ketones (excluding diaryl/α,β-unsaturated/α-hetero) is 1. The molecule has 9 atom stereocenters. The number of hydrogen-bond donors (Lipinski definition) is 1. The van der Waals surface area contributed by atoms with Crippen LogP contribution in [0, 0.1) is 67.5 Å². The minimum atomic E-state index is -0.599. The second-order valence-corrected chi connectivity index (χ2v) is 15.5. The molecular weight excluding hydrogens is 462 g/mol. The second-order valence-electron chi connectivity index (χ2n) is 15.5. The van der Waals surface area contributed by atoms with Gasteiger partial charge in [-0.1, -0.05) is 54.5 Å². The van der Waals surface area contributed by atoms with E-state index in [2.05, 4.69) is 40.7 Å². The van der Waals surface area contributed by atoms with Crippen LogP contribution in [0.25, 0.3) is 0 Å². The zero-order valence-corrected chi connectivity index (χ0v) is 24.2. The van der Waals surface area contributed by atoms with Crippen molar-refractivity contribution in [3.63, 3.8) is 0 Å². The van der Waals surface area contributed by atoms with E-state index < -0.39 is 16.9 Å². The Kier molecular flexibility index (Phi) is 5.77. The summed E-state index contributed by atoms with van der Waals surface area (Å²) < 4.78 is 5.45. The molecule has 5 rings (SSSR count). The van der Waals surface area contributed by atoms with Gasteiger partial charge >= 0.3 is 5.97 Å². The Labute approximate surface area is 223 Å². The Bertz CT molecular complexity index is 1100. The predicted molar refractivity (Wildman–Crippen MR) is 142 cm³/mol. The van der Waals surface area contributed by atoms with E-state index in [1.54, 1.807) is 0 Å². The first-order valence-corrected chi connectivity index (χ1v) is 14.5. The van der Waals surface area contributed by atoms with E-state index in [1.165, 1.54) is 7.11 Å². The summed E-state index contributed by atoms with van der Waals surface area (Å²) >= 11 is 0. The number of allylic oxidation sites excluding steroid dienone is 2. The standard InChI is InChI=1S/C32H47NO4/c1-27(2)11-13-32(26(36)37-8)14-12-31(7)24(20(32)17-27)21(34)15-23-29(5)16-19(18-33)25(35)28(3,4)22(29)9-10-30(23,31)6/h16,20-24,34H,9-15,17H2,1-8H3/t20?,21-,22?,23?,24?,29+,30-,31-,32+/m1/s1. The number of esters is 1. The van der Waals surface area contributed by atoms with Gasteiger partial charge in [-0.05, 0) is 96.7 Å². The van der Waals surface area contributed by atoms with Gasteiger partial charge in [-0.3, -0.25) is 9.59 Å². The number of hydrogen-bond acceptors (Lipinski definition) is 5. The van der Waals surface area contributed by atoms with Crippen molar-refractivity contribution in [2.45, 2.75) is 106 Å². The van der Waals surface area contributed by atoms with Crippen LogP contribution in [-0.4, -0.2) is 30.1 Å². The molecular formula is C32H47NO4. The maximum absolute atomic E-state index is 13.4. The largest absolute Gasteiger partial charge is 0.469 e. The van der Waals surface area contributed by atoms with Gasteiger partial charge in [0.15, 0.2) is 5.78 Å². The van der Waals surface area contributed by atoms with Gasteiger partial charge in [0.05, 0.1) is 24.2 Å². The van der Waals surface area contributed by atoms with Crippen molar-refractivity contribution < 1.29 is 19.4 Å². The van der Waals surface area contributed by atoms with Gasteiger partial charge in [-0.15, -0.1) is 0 Å². The van der Waals surface area contributed by atoms with E-state index in [4.69, 9.17) is 4.74 Å². The Balaban J connectivity index is 1.64. The third kappa shape index (κ3) is 3.23. The minimum absolute atomic E-state index is 0.0268. The minimum Gasteiger partial charge on any atom is -0.469 e. The van der Waals surface area contributed by atoms with Crippen LogP contribution >= 0.6 is 0 Å². The fraction of sp³-hybridized carbons (Fsp3) is 0.844. The quantitative estimate of drug-likeness (QED) is 0.422. The first kappa shape index (κ1) is 26.9. The van der Waals surface area contributed by atoms with Gasteiger partial charge in [-0.2, -0.15) is 5.26 Å². The Hall–Kier alpha value is -1.67. The normalized spacial score (nSPS) is 49.8. The molecule has 4 unspecified atom stereocenters. The van der Waals surface area contributed by atoms with E-state index in [-0.39, 0.29) is 62.7 Å². The van der Waals surface area contributed by atoms with E-state index in [9.17, 15) is 20.0 Å². The van der Waals surface area contributed by atoms with Gasteiger partial charge in [-0.25, -0.2) is 0 Å². The fourth-order valence-electron chi connectivity index (χ4n) is 11.2. The van der Waals surface area contributed by atoms with Crippen molar-refractivity contribution in [1.29, 1.82) is 5.26 Å². The molecule has 0 aromatic rings. The Morgan fingerprint density at radius 2 is 1.65 bits per heavy atom. The maximum atomic E-state index is 13.4. The molecule has 4 fully saturated rings. The number of carbonyl (C=O) groups is 2. The number of methoxy groups -OCH3 is 1. The van der Waals surface area contributed by atoms with E-state index in [1.807, 2.05) is 19.9 Å². The third-order valence-corrected chi connectivity index (χ3v) is 13.3. The number of ketones is 1. The van der Waals surface area contributed by atoms with Crippen LogP contribution in [0.3, 0.4) is 0 Å². The topological polar surface area (TPSA) is 87.4 Å². The van der Waals surface area contributed by atoms with Crippen LogP contribution in [0.5, 0.6) is 0 Å². The predicted octanol–water partition coefficient (Wildman–Crippen LogP) is 6.25. The zero-order valence-electron chi connectivity index (χ0n) is 24.2. The van der Waals surface area contributed by atoms with Gasteiger partial charge in [0, 0.05) is 5.41 Å². The highest BCUT2D eigenvalue weighted by atomic mass is 16.5. The first-order valence-electron chi connectivity index (χ1n) is 14.5. The molecule has 0 bridgehead atoms. The first-order chi connectivity index (χ1) is 17.0. The van der Waals surface area contributed by atoms with Crippen molar-refractivity contribution in [2.75, 3.05) is 7.11 Å². The number of aliphatic hydroxyl groups excluding tert-OH is 1. The number of fused-ring (bicyclic) bond motifs is 7. The van der Waals surface area contributed by atoms with Crippen molar-refractivity contribution in [2.24, 2.45) is 56.2 Å². The lowest BCUT2D eigenvalue weighted by Gasteiger charge is -2.73. The molecule has 204 valence electrons. The van der Waals surface area contributed by atoms with Crippen LogP contribution in [0.2, 0.25) is 0 Å². The van der Waals surface area contributed by atoms with E-state index in [0.717, 1.165) is 44.9 Å². The van der Waals surface area contributed by atoms with E-state index >= 15 is 0 Å². The summed E-state index contributed by atoms with van der Waals surface area (Å²) in [7, 11) is 1.52. The highest BCUT2D eigenvalue weighted by Crippen LogP contribution is 2.76. The average Bonchev–Trinajstić information content (AvgIpc) is 2.82. The molecule has 0 spiro atoms. The molecule has 5 aliphatic carbocycles. The molecule has 0 aromatic heterocycles. The van der Waals surface area contributed by atoms with Crippen LogP contribution in [0.1, 0.15) is 99.8 Å². The highest BCUT2D eigenvalue weighted by Gasteiger charge is 2.73. The van der Waals surface area contributed by atoms with Crippen LogP contribution in [-0.2, 0) is 14.3 Å². The lowest BCUT2D eigenvalue weighted by Crippen LogP contribution is -2.70. The molecule has 0 radical (unpaired) electrons. The molecule has 5 aliphatic rings. The number of carbonyl (C=O) groups excluding carboxylic acids is 2. The van der Waals surface area contributed by atoms with Crippen molar-refractivity contribution in [1.82, 2.24) is 0 Å². The molecule has 37 heavy (non-hydrogen) atoms. The Morgan fingerprint density at radius 1 is 1.00 bits per heavy atom. The smallest absolute Gasteiger partial charge is 0.312 e. The average molecular weight is 510 g/mol. The van der Waals surface area contributed by atoms with Crippen LogP contribution in [0.4, 0.5) is 0 Å². The molecule has 0 aliphatic heterocycles. The molecule has 5 heteroatoms. The molecule has 0 heterocycles. The molecule has 5 nitrogen and oxygen atoms in total.